The van der Waals surface area contributed by atoms with Crippen molar-refractivity contribution in [2.45, 2.75) is 24.8 Å². The minimum atomic E-state index is -3.68. The van der Waals surface area contributed by atoms with Crippen LogP contribution in [0.3, 0.4) is 0 Å². The van der Waals surface area contributed by atoms with Crippen molar-refractivity contribution in [1.82, 2.24) is 4.72 Å². The summed E-state index contributed by atoms with van der Waals surface area (Å²) in [5, 5.41) is 0.268. The second-order valence-corrected chi connectivity index (χ2v) is 7.96. The number of sulfonamides is 1. The Morgan fingerprint density at radius 2 is 2.00 bits per heavy atom. The standard InChI is InChI=1S/C16H17BrClNO3S/c1-3-22-16-8-7-14(10-15(16)18)23(20,21)19-11(2)12-5-4-6-13(17)9-12/h4-11,19H,3H2,1-2H3. The maximum atomic E-state index is 12.5. The Labute approximate surface area is 150 Å². The molecule has 0 spiro atoms. The molecule has 0 saturated carbocycles. The molecule has 1 unspecified atom stereocenters. The van der Waals surface area contributed by atoms with Crippen molar-refractivity contribution >= 4 is 37.6 Å². The van der Waals surface area contributed by atoms with Crippen LogP contribution in [0.1, 0.15) is 25.5 Å². The van der Waals surface area contributed by atoms with Crippen molar-refractivity contribution < 1.29 is 13.2 Å². The van der Waals surface area contributed by atoms with Gasteiger partial charge in [0.25, 0.3) is 0 Å². The van der Waals surface area contributed by atoms with E-state index in [9.17, 15) is 8.42 Å². The van der Waals surface area contributed by atoms with Crippen molar-refractivity contribution in [3.05, 3.63) is 57.5 Å². The first-order valence-corrected chi connectivity index (χ1v) is 9.69. The van der Waals surface area contributed by atoms with E-state index in [1.54, 1.807) is 13.0 Å². The van der Waals surface area contributed by atoms with E-state index >= 15 is 0 Å². The van der Waals surface area contributed by atoms with E-state index in [-0.39, 0.29) is 16.0 Å². The third-order valence-corrected chi connectivity index (χ3v) is 5.52. The lowest BCUT2D eigenvalue weighted by Crippen LogP contribution is -2.26. The number of halogens is 2. The number of rotatable bonds is 6. The fourth-order valence-corrected chi connectivity index (χ4v) is 4.04. The largest absolute Gasteiger partial charge is 0.492 e. The summed E-state index contributed by atoms with van der Waals surface area (Å²) >= 11 is 9.44. The lowest BCUT2D eigenvalue weighted by molar-refractivity contribution is 0.340. The molecule has 2 rings (SSSR count). The van der Waals surface area contributed by atoms with Crippen LogP contribution >= 0.6 is 27.5 Å². The minimum absolute atomic E-state index is 0.104. The lowest BCUT2D eigenvalue weighted by Gasteiger charge is -2.15. The molecule has 7 heteroatoms. The Bertz CT molecular complexity index is 796. The first kappa shape index (κ1) is 18.3. The van der Waals surface area contributed by atoms with Gasteiger partial charge < -0.3 is 4.74 Å². The van der Waals surface area contributed by atoms with Crippen molar-refractivity contribution in [3.8, 4) is 5.75 Å². The third kappa shape index (κ3) is 4.70. The van der Waals surface area contributed by atoms with Crippen LogP contribution < -0.4 is 9.46 Å². The molecule has 0 aliphatic carbocycles. The first-order chi connectivity index (χ1) is 10.8. The molecule has 0 amide bonds. The van der Waals surface area contributed by atoms with Crippen LogP contribution in [-0.2, 0) is 10.0 Å². The van der Waals surface area contributed by atoms with E-state index in [2.05, 4.69) is 20.7 Å². The van der Waals surface area contributed by atoms with Gasteiger partial charge in [-0.2, -0.15) is 0 Å². The van der Waals surface area contributed by atoms with Crippen molar-refractivity contribution in [2.24, 2.45) is 0 Å². The van der Waals surface area contributed by atoms with Crippen LogP contribution in [0.15, 0.2) is 51.8 Å². The summed E-state index contributed by atoms with van der Waals surface area (Å²) in [6.45, 7) is 4.09. The van der Waals surface area contributed by atoms with Gasteiger partial charge in [0.15, 0.2) is 0 Å². The lowest BCUT2D eigenvalue weighted by atomic mass is 10.1. The summed E-state index contributed by atoms with van der Waals surface area (Å²) in [5.74, 6) is 0.466. The van der Waals surface area contributed by atoms with Crippen LogP contribution in [0.25, 0.3) is 0 Å². The summed E-state index contributed by atoms with van der Waals surface area (Å²) < 4.78 is 33.9. The highest BCUT2D eigenvalue weighted by molar-refractivity contribution is 9.10. The Kier molecular flexibility index (Phi) is 6.08. The zero-order valence-electron chi connectivity index (χ0n) is 12.7. The highest BCUT2D eigenvalue weighted by Crippen LogP contribution is 2.28. The fraction of sp³-hybridized carbons (Fsp3) is 0.250. The summed E-state index contributed by atoms with van der Waals surface area (Å²) in [4.78, 5) is 0.104. The van der Waals surface area contributed by atoms with Gasteiger partial charge in [0, 0.05) is 10.5 Å². The van der Waals surface area contributed by atoms with Crippen LogP contribution in [-0.4, -0.2) is 15.0 Å². The molecule has 0 aliphatic rings. The van der Waals surface area contributed by atoms with Gasteiger partial charge in [0.1, 0.15) is 5.75 Å². The van der Waals surface area contributed by atoms with Crippen molar-refractivity contribution in [3.63, 3.8) is 0 Å². The average molecular weight is 419 g/mol. The molecule has 4 nitrogen and oxygen atoms in total. The van der Waals surface area contributed by atoms with Crippen LogP contribution in [0, 0.1) is 0 Å². The third-order valence-electron chi connectivity index (χ3n) is 3.19. The molecule has 0 aliphatic heterocycles. The highest BCUT2D eigenvalue weighted by Gasteiger charge is 2.20. The van der Waals surface area contributed by atoms with Crippen LogP contribution in [0.2, 0.25) is 5.02 Å². The van der Waals surface area contributed by atoms with Gasteiger partial charge in [0.05, 0.1) is 16.5 Å². The van der Waals surface area contributed by atoms with Crippen LogP contribution in [0.5, 0.6) is 5.75 Å². The normalized spacial score (nSPS) is 12.9. The molecule has 124 valence electrons. The van der Waals surface area contributed by atoms with E-state index in [0.717, 1.165) is 10.0 Å². The van der Waals surface area contributed by atoms with Gasteiger partial charge in [-0.15, -0.1) is 0 Å². The topological polar surface area (TPSA) is 55.4 Å². The van der Waals surface area contributed by atoms with Gasteiger partial charge >= 0.3 is 0 Å². The van der Waals surface area contributed by atoms with E-state index in [0.29, 0.717) is 12.4 Å². The Morgan fingerprint density at radius 1 is 1.26 bits per heavy atom. The van der Waals surface area contributed by atoms with Gasteiger partial charge in [-0.3, -0.25) is 0 Å². The van der Waals surface area contributed by atoms with E-state index in [1.807, 2.05) is 31.2 Å². The van der Waals surface area contributed by atoms with Crippen molar-refractivity contribution in [2.75, 3.05) is 6.61 Å². The molecule has 2 aromatic carbocycles. The predicted molar refractivity (Wildman–Crippen MR) is 95.5 cm³/mol. The summed E-state index contributed by atoms with van der Waals surface area (Å²) in [6, 6.07) is 11.5. The monoisotopic (exact) mass is 417 g/mol. The zero-order valence-corrected chi connectivity index (χ0v) is 15.9. The summed E-state index contributed by atoms with van der Waals surface area (Å²) in [5.41, 5.74) is 0.861. The number of ether oxygens (including phenoxy) is 1. The molecule has 0 saturated heterocycles. The number of benzene rings is 2. The molecule has 0 aromatic heterocycles. The molecule has 0 heterocycles. The molecule has 23 heavy (non-hydrogen) atoms. The smallest absolute Gasteiger partial charge is 0.241 e. The number of hydrogen-bond donors (Lipinski definition) is 1. The second-order valence-electron chi connectivity index (χ2n) is 4.92. The quantitative estimate of drug-likeness (QED) is 0.749. The van der Waals surface area contributed by atoms with E-state index in [1.165, 1.54) is 12.1 Å². The van der Waals surface area contributed by atoms with Crippen molar-refractivity contribution in [1.29, 1.82) is 0 Å². The van der Waals surface area contributed by atoms with Gasteiger partial charge in [-0.1, -0.05) is 39.7 Å². The Balaban J connectivity index is 2.23. The molecular weight excluding hydrogens is 402 g/mol. The van der Waals surface area contributed by atoms with Crippen LogP contribution in [0.4, 0.5) is 0 Å². The molecule has 0 radical (unpaired) electrons. The SMILES string of the molecule is CCOc1ccc(S(=O)(=O)NC(C)c2cccc(Br)c2)cc1Cl. The summed E-state index contributed by atoms with van der Waals surface area (Å²) in [7, 11) is -3.68. The second kappa shape index (κ2) is 7.66. The maximum Gasteiger partial charge on any atom is 0.241 e. The zero-order chi connectivity index (χ0) is 17.0. The number of nitrogens with one attached hydrogen (secondary N) is 1. The average Bonchev–Trinajstić information content (AvgIpc) is 2.49. The van der Waals surface area contributed by atoms with E-state index in [4.69, 9.17) is 16.3 Å². The molecule has 0 bridgehead atoms. The highest BCUT2D eigenvalue weighted by atomic mass is 79.9. The molecule has 1 atom stereocenters. The predicted octanol–water partition coefficient (Wildman–Crippen LogP) is 4.54. The first-order valence-electron chi connectivity index (χ1n) is 7.03. The van der Waals surface area contributed by atoms with E-state index < -0.39 is 10.0 Å². The van der Waals surface area contributed by atoms with Gasteiger partial charge in [0.2, 0.25) is 10.0 Å². The molecular formula is C16H17BrClNO3S. The minimum Gasteiger partial charge on any atom is -0.492 e. The fourth-order valence-electron chi connectivity index (χ4n) is 2.07. The Morgan fingerprint density at radius 3 is 2.61 bits per heavy atom. The molecule has 1 N–H and O–H groups in total. The molecule has 2 aromatic rings. The maximum absolute atomic E-state index is 12.5. The molecule has 0 fully saturated rings. The summed E-state index contributed by atoms with van der Waals surface area (Å²) in [6.07, 6.45) is 0. The number of hydrogen-bond acceptors (Lipinski definition) is 3. The van der Waals surface area contributed by atoms with Gasteiger partial charge in [-0.25, -0.2) is 13.1 Å². The van der Waals surface area contributed by atoms with Gasteiger partial charge in [-0.05, 0) is 49.7 Å². The Hall–Kier alpha value is -1.08.